The fourth-order valence-electron chi connectivity index (χ4n) is 1.83. The third-order valence-electron chi connectivity index (χ3n) is 3.18. The second-order valence-electron chi connectivity index (χ2n) is 11.8. The van der Waals surface area contributed by atoms with Crippen molar-refractivity contribution < 1.29 is 38.9 Å². The molecule has 13 heteroatoms. The maximum Gasteiger partial charge on any atom is 0.550 e. The summed E-state index contributed by atoms with van der Waals surface area (Å²) in [5, 5.41) is 32.5. The van der Waals surface area contributed by atoms with Crippen molar-refractivity contribution in [2.24, 2.45) is 0 Å². The van der Waals surface area contributed by atoms with Crippen molar-refractivity contribution in [1.29, 1.82) is 0 Å². The van der Waals surface area contributed by atoms with E-state index in [9.17, 15) is 0 Å². The van der Waals surface area contributed by atoms with E-state index in [0.717, 1.165) is 0 Å². The van der Waals surface area contributed by atoms with Gasteiger partial charge in [-0.3, -0.25) is 0 Å². The molecule has 0 aromatic rings. The number of hydrogen-bond donors (Lipinski definition) is 4. The first-order valence-corrected chi connectivity index (χ1v) is 20.8. The lowest BCUT2D eigenvalue weighted by molar-refractivity contribution is 0.139. The quantitative estimate of drug-likeness (QED) is 0.223. The zero-order valence-electron chi connectivity index (χ0n) is 27.7. The van der Waals surface area contributed by atoms with Crippen molar-refractivity contribution >= 4 is 37.5 Å². The molecular formula is C27H57B3O8Si2. The molecule has 230 valence electrons. The van der Waals surface area contributed by atoms with Gasteiger partial charge in [0.05, 0.1) is 0 Å². The molecule has 0 aliphatic carbocycles. The average Bonchev–Trinajstić information content (AvgIpc) is 2.75. The minimum Gasteiger partial charge on any atom is -0.416 e. The molecule has 0 aromatic carbocycles. The van der Waals surface area contributed by atoms with Gasteiger partial charge in [0.15, 0.2) is 0 Å². The first-order valence-electron chi connectivity index (χ1n) is 13.8. The van der Waals surface area contributed by atoms with Crippen molar-refractivity contribution in [3.05, 3.63) is 0 Å². The van der Waals surface area contributed by atoms with Crippen LogP contribution in [0.5, 0.6) is 0 Å². The Morgan fingerprint density at radius 1 is 0.600 bits per heavy atom. The molecule has 0 atom stereocenters. The van der Waals surface area contributed by atoms with Gasteiger partial charge in [-0.1, -0.05) is 56.7 Å². The predicted molar refractivity (Wildman–Crippen MR) is 176 cm³/mol. The van der Waals surface area contributed by atoms with Crippen LogP contribution in [0.25, 0.3) is 0 Å². The van der Waals surface area contributed by atoms with E-state index in [0.29, 0.717) is 6.42 Å². The average molecular weight is 598 g/mol. The lowest BCUT2D eigenvalue weighted by Gasteiger charge is -2.15. The predicted octanol–water partition coefficient (Wildman–Crippen LogP) is 3.48. The van der Waals surface area contributed by atoms with Crippen molar-refractivity contribution in [3.63, 3.8) is 0 Å². The van der Waals surface area contributed by atoms with E-state index in [2.05, 4.69) is 48.2 Å². The van der Waals surface area contributed by atoms with Gasteiger partial charge in [0.1, 0.15) is 16.1 Å². The zero-order chi connectivity index (χ0) is 32.5. The van der Waals surface area contributed by atoms with E-state index >= 15 is 0 Å². The normalized spacial score (nSPS) is 10.4. The Morgan fingerprint density at radius 3 is 1.07 bits per heavy atom. The van der Waals surface area contributed by atoms with Crippen LogP contribution in [0, 0.1) is 35.0 Å². The van der Waals surface area contributed by atoms with E-state index in [1.807, 2.05) is 75.0 Å². The van der Waals surface area contributed by atoms with Crippen LogP contribution in [0.1, 0.15) is 61.8 Å². The zero-order valence-corrected chi connectivity index (χ0v) is 29.7. The molecule has 4 N–H and O–H groups in total. The molecule has 0 radical (unpaired) electrons. The third-order valence-corrected chi connectivity index (χ3v) is 4.97. The van der Waals surface area contributed by atoms with Gasteiger partial charge >= 0.3 is 21.4 Å². The van der Waals surface area contributed by atoms with Crippen LogP contribution in [0.3, 0.4) is 0 Å². The van der Waals surface area contributed by atoms with Crippen LogP contribution in [0.15, 0.2) is 0 Å². The summed E-state index contributed by atoms with van der Waals surface area (Å²) in [6.07, 6.45) is 6.17. The smallest absolute Gasteiger partial charge is 0.416 e. The summed E-state index contributed by atoms with van der Waals surface area (Å²) >= 11 is 0. The van der Waals surface area contributed by atoms with Gasteiger partial charge in [0, 0.05) is 37.6 Å². The largest absolute Gasteiger partial charge is 0.550 e. The summed E-state index contributed by atoms with van der Waals surface area (Å²) in [6, 6.07) is 0. The van der Waals surface area contributed by atoms with Crippen molar-refractivity contribution in [3.8, 4) is 35.0 Å². The van der Waals surface area contributed by atoms with Crippen LogP contribution in [-0.4, -0.2) is 95.4 Å². The van der Waals surface area contributed by atoms with Crippen LogP contribution < -0.4 is 0 Å². The highest BCUT2D eigenvalue weighted by molar-refractivity contribution is 6.85. The molecule has 0 bridgehead atoms. The third kappa shape index (κ3) is 49.9. The van der Waals surface area contributed by atoms with Gasteiger partial charge in [-0.15, -0.1) is 17.5 Å². The second-order valence-corrected chi connectivity index (χ2v) is 21.3. The lowest BCUT2D eigenvalue weighted by atomic mass is 9.91. The summed E-state index contributed by atoms with van der Waals surface area (Å²) in [6.45, 7) is 28.6. The van der Waals surface area contributed by atoms with Crippen molar-refractivity contribution in [2.45, 2.75) is 126 Å². The molecule has 8 nitrogen and oxygen atoms in total. The van der Waals surface area contributed by atoms with E-state index in [1.165, 1.54) is 0 Å². The monoisotopic (exact) mass is 598 g/mol. The molecule has 0 saturated heterocycles. The Balaban J connectivity index is -0.000000230. The first kappa shape index (κ1) is 46.0. The van der Waals surface area contributed by atoms with Gasteiger partial charge in [-0.05, 0) is 61.8 Å². The van der Waals surface area contributed by atoms with Gasteiger partial charge in [0.2, 0.25) is 0 Å². The molecule has 0 aromatic heterocycles. The number of aliphatic hydroxyl groups is 2. The molecule has 0 amide bonds. The van der Waals surface area contributed by atoms with Crippen LogP contribution >= 0.6 is 0 Å². The highest BCUT2D eigenvalue weighted by Crippen LogP contribution is 2.02. The standard InChI is InChI=1S/C11H23BO2Si.C8H15BO2.C5H11BO2Si.C3H8O2/c1-10(2)13-12(14-11(3)4)8-9-15(5,6)7;1-6-9(10-7(2)3)11-8(4)5;1-9(2,3)5-4-6(7)8;4-2-1-3-5/h10-11H,1-7H3;1,7-8H,2-5H3;7-8H,1-3H3;4-5H,1-3H2. The van der Waals surface area contributed by atoms with E-state index in [1.54, 1.807) is 0 Å². The Kier molecular flexibility index (Phi) is 30.9. The number of aliphatic hydroxyl groups excluding tert-OH is 2. The summed E-state index contributed by atoms with van der Waals surface area (Å²) in [7, 11) is -5.09. The number of rotatable bonds is 10. The maximum absolute atomic E-state index is 8.32. The van der Waals surface area contributed by atoms with Gasteiger partial charge in [-0.25, -0.2) is 0 Å². The first-order chi connectivity index (χ1) is 18.1. The summed E-state index contributed by atoms with van der Waals surface area (Å²) < 4.78 is 21.7. The highest BCUT2D eigenvalue weighted by Gasteiger charge is 2.20. The molecule has 0 heterocycles. The fourth-order valence-corrected chi connectivity index (χ4v) is 2.94. The maximum atomic E-state index is 8.32. The Bertz CT molecular complexity index is 733. The van der Waals surface area contributed by atoms with E-state index < -0.39 is 30.4 Å². The van der Waals surface area contributed by atoms with E-state index in [-0.39, 0.29) is 44.7 Å². The lowest BCUT2D eigenvalue weighted by Crippen LogP contribution is -2.29. The number of hydrogen-bond acceptors (Lipinski definition) is 8. The Labute approximate surface area is 249 Å². The van der Waals surface area contributed by atoms with Crippen LogP contribution in [0.4, 0.5) is 0 Å². The van der Waals surface area contributed by atoms with Crippen molar-refractivity contribution in [2.75, 3.05) is 13.2 Å². The summed E-state index contributed by atoms with van der Waals surface area (Å²) in [4.78, 5) is 0. The molecule has 0 spiro atoms. The van der Waals surface area contributed by atoms with Crippen LogP contribution in [0.2, 0.25) is 39.3 Å². The SMILES string of the molecule is C#CB(OC(C)C)OC(C)C.CC(C)OB(C#C[Si](C)(C)C)OC(C)C.C[Si](C)(C)C#CB(O)O.OCCCO. The molecule has 0 rings (SSSR count). The Morgan fingerprint density at radius 2 is 0.900 bits per heavy atom. The molecule has 0 unspecified atom stereocenters. The highest BCUT2D eigenvalue weighted by atomic mass is 28.3. The Hall–Kier alpha value is -1.01. The van der Waals surface area contributed by atoms with Gasteiger partial charge < -0.3 is 38.9 Å². The molecular weight excluding hydrogens is 541 g/mol. The van der Waals surface area contributed by atoms with Gasteiger partial charge in [-0.2, -0.15) is 0 Å². The fraction of sp³-hybridized carbons (Fsp3) is 0.778. The summed E-state index contributed by atoms with van der Waals surface area (Å²) in [5.41, 5.74) is 6.08. The number of terminal acetylenes is 1. The van der Waals surface area contributed by atoms with E-state index in [4.69, 9.17) is 45.3 Å². The minimum absolute atomic E-state index is 0.0938. The molecule has 0 aliphatic rings. The molecule has 40 heavy (non-hydrogen) atoms. The topological polar surface area (TPSA) is 118 Å². The van der Waals surface area contributed by atoms with Gasteiger partial charge in [0.25, 0.3) is 0 Å². The molecule has 0 saturated carbocycles. The minimum atomic E-state index is -1.46. The second kappa shape index (κ2) is 26.9. The van der Waals surface area contributed by atoms with Crippen molar-refractivity contribution in [1.82, 2.24) is 0 Å². The van der Waals surface area contributed by atoms with Crippen LogP contribution in [-0.2, 0) is 18.6 Å². The molecule has 0 fully saturated rings. The summed E-state index contributed by atoms with van der Waals surface area (Å²) in [5.74, 6) is 7.82. The molecule has 0 aliphatic heterocycles.